The molecule has 0 atom stereocenters. The zero-order chi connectivity index (χ0) is 5.98. The van der Waals surface area contributed by atoms with Crippen LogP contribution in [-0.4, -0.2) is 11.5 Å². The maximum atomic E-state index is 10.6. The molecule has 1 nitrogen and oxygen atoms in total. The van der Waals surface area contributed by atoms with Crippen molar-refractivity contribution in [2.75, 3.05) is 5.75 Å². The fraction of sp³-hybridized carbons (Fsp3) is 0.500. The number of allylic oxidation sites excluding steroid dienone is 1. The van der Waals surface area contributed by atoms with Crippen molar-refractivity contribution in [2.45, 2.75) is 13.3 Å². The molecule has 1 rings (SSSR count). The number of Topliss-reactive ketones (excluding diaryl/α,β-unsaturated/α-hetero) is 1. The molecule has 0 aromatic rings. The minimum atomic E-state index is 0.231. The quantitative estimate of drug-likeness (QED) is 0.533. The second kappa shape index (κ2) is 2.35. The summed E-state index contributed by atoms with van der Waals surface area (Å²) in [5.41, 5.74) is 0.995. The van der Waals surface area contributed by atoms with Crippen molar-refractivity contribution >= 4 is 17.5 Å². The summed E-state index contributed by atoms with van der Waals surface area (Å²) in [6, 6.07) is 0. The van der Waals surface area contributed by atoms with Gasteiger partial charge in [0, 0.05) is 11.3 Å². The number of rotatable bonds is 1. The summed E-state index contributed by atoms with van der Waals surface area (Å²) in [4.78, 5) is 10.6. The third kappa shape index (κ3) is 1.13. The fourth-order valence-corrected chi connectivity index (χ4v) is 1.59. The maximum absolute atomic E-state index is 10.6. The molecule has 0 saturated carbocycles. The van der Waals surface area contributed by atoms with Crippen molar-refractivity contribution in [3.8, 4) is 0 Å². The van der Waals surface area contributed by atoms with Crippen molar-refractivity contribution in [2.24, 2.45) is 0 Å². The first-order valence-electron chi connectivity index (χ1n) is 2.62. The van der Waals surface area contributed by atoms with E-state index in [1.807, 2.05) is 5.41 Å². The highest BCUT2D eigenvalue weighted by atomic mass is 32.2. The molecule has 0 saturated heterocycles. The Morgan fingerprint density at radius 1 is 1.88 bits per heavy atom. The first kappa shape index (κ1) is 5.89. The molecule has 0 aromatic heterocycles. The Kier molecular flexibility index (Phi) is 1.73. The van der Waals surface area contributed by atoms with Crippen molar-refractivity contribution in [1.82, 2.24) is 0 Å². The van der Waals surface area contributed by atoms with Crippen LogP contribution in [0.3, 0.4) is 0 Å². The molecule has 0 aromatic carbocycles. The molecule has 0 fully saturated rings. The summed E-state index contributed by atoms with van der Waals surface area (Å²) in [6.07, 6.45) is 0.972. The Morgan fingerprint density at radius 3 is 2.88 bits per heavy atom. The number of hydrogen-bond donors (Lipinski definition) is 0. The van der Waals surface area contributed by atoms with Gasteiger partial charge < -0.3 is 0 Å². The van der Waals surface area contributed by atoms with Crippen molar-refractivity contribution in [3.05, 3.63) is 11.0 Å². The van der Waals surface area contributed by atoms with E-state index >= 15 is 0 Å². The summed E-state index contributed by atoms with van der Waals surface area (Å²) in [5, 5.41) is 1.96. The highest BCUT2D eigenvalue weighted by Crippen LogP contribution is 2.21. The van der Waals surface area contributed by atoms with E-state index in [0.29, 0.717) is 0 Å². The Hall–Kier alpha value is -0.240. The zero-order valence-corrected chi connectivity index (χ0v) is 5.62. The van der Waals surface area contributed by atoms with E-state index in [2.05, 4.69) is 0 Å². The van der Waals surface area contributed by atoms with E-state index in [4.69, 9.17) is 0 Å². The van der Waals surface area contributed by atoms with Gasteiger partial charge in [-0.2, -0.15) is 0 Å². The van der Waals surface area contributed by atoms with E-state index in [1.54, 1.807) is 18.7 Å². The zero-order valence-electron chi connectivity index (χ0n) is 4.81. The summed E-state index contributed by atoms with van der Waals surface area (Å²) in [7, 11) is 0. The molecule has 0 aliphatic carbocycles. The van der Waals surface area contributed by atoms with Gasteiger partial charge in [-0.1, -0.05) is 0 Å². The third-order valence-electron chi connectivity index (χ3n) is 1.17. The Labute approximate surface area is 53.2 Å². The monoisotopic (exact) mass is 128 g/mol. The van der Waals surface area contributed by atoms with Crippen LogP contribution >= 0.6 is 11.8 Å². The summed E-state index contributed by atoms with van der Waals surface area (Å²) >= 11 is 1.73. The lowest BCUT2D eigenvalue weighted by Crippen LogP contribution is -1.92. The van der Waals surface area contributed by atoms with E-state index < -0.39 is 0 Å². The van der Waals surface area contributed by atoms with Gasteiger partial charge in [0.05, 0.1) is 0 Å². The van der Waals surface area contributed by atoms with Gasteiger partial charge in [0.25, 0.3) is 0 Å². The van der Waals surface area contributed by atoms with Gasteiger partial charge in [-0.05, 0) is 18.8 Å². The number of hydrogen-bond acceptors (Lipinski definition) is 2. The van der Waals surface area contributed by atoms with Crippen LogP contribution in [0.25, 0.3) is 0 Å². The Morgan fingerprint density at radius 2 is 2.62 bits per heavy atom. The van der Waals surface area contributed by atoms with Gasteiger partial charge in [0.15, 0.2) is 5.78 Å². The normalized spacial score (nSPS) is 18.4. The number of thioether (sulfide) groups is 1. The van der Waals surface area contributed by atoms with Gasteiger partial charge >= 0.3 is 0 Å². The molecule has 1 heterocycles. The molecule has 8 heavy (non-hydrogen) atoms. The number of ketones is 1. The van der Waals surface area contributed by atoms with Crippen LogP contribution in [0.4, 0.5) is 0 Å². The van der Waals surface area contributed by atoms with Crippen LogP contribution in [0.1, 0.15) is 13.3 Å². The van der Waals surface area contributed by atoms with E-state index in [-0.39, 0.29) is 5.78 Å². The first-order chi connectivity index (χ1) is 3.80. The SMILES string of the molecule is CC(=O)C1=CSCC1. The van der Waals surface area contributed by atoms with Crippen LogP contribution in [0.5, 0.6) is 0 Å². The molecule has 0 unspecified atom stereocenters. The summed E-state index contributed by atoms with van der Waals surface area (Å²) in [5.74, 6) is 1.32. The average molecular weight is 128 g/mol. The van der Waals surface area contributed by atoms with Crippen molar-refractivity contribution < 1.29 is 4.79 Å². The van der Waals surface area contributed by atoms with E-state index in [1.165, 1.54) is 0 Å². The molecule has 0 N–H and O–H groups in total. The second-order valence-corrected chi connectivity index (χ2v) is 2.80. The van der Waals surface area contributed by atoms with Crippen LogP contribution in [-0.2, 0) is 4.79 Å². The minimum Gasteiger partial charge on any atom is -0.295 e. The molecule has 0 amide bonds. The molecule has 0 bridgehead atoms. The number of carbonyl (C=O) groups excluding carboxylic acids is 1. The average Bonchev–Trinajstić information content (AvgIpc) is 2.12. The molecule has 0 radical (unpaired) electrons. The van der Waals surface area contributed by atoms with Crippen molar-refractivity contribution in [3.63, 3.8) is 0 Å². The molecule has 0 spiro atoms. The fourth-order valence-electron chi connectivity index (χ4n) is 0.646. The van der Waals surface area contributed by atoms with E-state index in [0.717, 1.165) is 17.7 Å². The predicted octanol–water partition coefficient (Wildman–Crippen LogP) is 1.60. The smallest absolute Gasteiger partial charge is 0.156 e. The topological polar surface area (TPSA) is 17.1 Å². The first-order valence-corrected chi connectivity index (χ1v) is 3.67. The predicted molar refractivity (Wildman–Crippen MR) is 35.8 cm³/mol. The van der Waals surface area contributed by atoms with Gasteiger partial charge in [-0.15, -0.1) is 11.8 Å². The Bertz CT molecular complexity index is 137. The highest BCUT2D eigenvalue weighted by Gasteiger charge is 2.07. The standard InChI is InChI=1S/C6H8OS/c1-5(7)6-2-3-8-4-6/h4H,2-3H2,1H3. The van der Waals surface area contributed by atoms with Crippen LogP contribution in [0.2, 0.25) is 0 Å². The van der Waals surface area contributed by atoms with Gasteiger partial charge in [-0.3, -0.25) is 4.79 Å². The van der Waals surface area contributed by atoms with Gasteiger partial charge in [0.1, 0.15) is 0 Å². The highest BCUT2D eigenvalue weighted by molar-refractivity contribution is 8.02. The largest absolute Gasteiger partial charge is 0.295 e. The molecular formula is C6H8OS. The van der Waals surface area contributed by atoms with Crippen LogP contribution < -0.4 is 0 Å². The summed E-state index contributed by atoms with van der Waals surface area (Å²) in [6.45, 7) is 1.62. The second-order valence-electron chi connectivity index (χ2n) is 1.82. The van der Waals surface area contributed by atoms with Gasteiger partial charge in [-0.25, -0.2) is 0 Å². The summed E-state index contributed by atoms with van der Waals surface area (Å²) < 4.78 is 0. The minimum absolute atomic E-state index is 0.231. The molecular weight excluding hydrogens is 120 g/mol. The number of carbonyl (C=O) groups is 1. The Balaban J connectivity index is 2.57. The molecule has 44 valence electrons. The van der Waals surface area contributed by atoms with Gasteiger partial charge in [0.2, 0.25) is 0 Å². The molecule has 2 heteroatoms. The lowest BCUT2D eigenvalue weighted by molar-refractivity contribution is -0.113. The van der Waals surface area contributed by atoms with Crippen LogP contribution in [0, 0.1) is 0 Å². The van der Waals surface area contributed by atoms with Crippen molar-refractivity contribution in [1.29, 1.82) is 0 Å². The van der Waals surface area contributed by atoms with Crippen LogP contribution in [0.15, 0.2) is 11.0 Å². The molecule has 1 aliphatic heterocycles. The third-order valence-corrected chi connectivity index (χ3v) is 2.06. The van der Waals surface area contributed by atoms with E-state index in [9.17, 15) is 4.79 Å². The molecule has 1 aliphatic rings. The maximum Gasteiger partial charge on any atom is 0.156 e. The lowest BCUT2D eigenvalue weighted by atomic mass is 10.2. The lowest BCUT2D eigenvalue weighted by Gasteiger charge is -1.87.